The number of nitrogens with zero attached hydrogens (tertiary/aromatic N) is 2. The van der Waals surface area contributed by atoms with Gasteiger partial charge in [0.1, 0.15) is 6.61 Å². The number of carbonyl (C=O) groups is 2. The van der Waals surface area contributed by atoms with E-state index in [0.29, 0.717) is 5.56 Å². The fourth-order valence-electron chi connectivity index (χ4n) is 2.20. The van der Waals surface area contributed by atoms with Gasteiger partial charge in [0.15, 0.2) is 5.69 Å². The van der Waals surface area contributed by atoms with Crippen LogP contribution in [0.5, 0.6) is 0 Å². The Labute approximate surface area is 150 Å². The van der Waals surface area contributed by atoms with Crippen molar-refractivity contribution < 1.29 is 14.3 Å². The van der Waals surface area contributed by atoms with Crippen molar-refractivity contribution in [2.75, 3.05) is 5.32 Å². The standard InChI is InChI=1S/C20H17N3O3/c1-14-11-22-18(12-21-14)20(25)26-13-15-7-9-16(10-8-15)19(24)23-17-5-3-2-4-6-17/h2-12H,13H2,1H3,(H,23,24). The van der Waals surface area contributed by atoms with Crippen molar-refractivity contribution in [3.63, 3.8) is 0 Å². The number of ether oxygens (including phenoxy) is 1. The molecule has 1 N–H and O–H groups in total. The lowest BCUT2D eigenvalue weighted by Gasteiger charge is -2.07. The predicted octanol–water partition coefficient (Wildman–Crippen LogP) is 3.39. The van der Waals surface area contributed by atoms with Crippen LogP contribution in [0.2, 0.25) is 0 Å². The van der Waals surface area contributed by atoms with Gasteiger partial charge in [-0.25, -0.2) is 9.78 Å². The molecule has 0 spiro atoms. The van der Waals surface area contributed by atoms with E-state index in [-0.39, 0.29) is 18.2 Å². The molecule has 0 radical (unpaired) electrons. The highest BCUT2D eigenvalue weighted by molar-refractivity contribution is 6.04. The molecule has 0 fully saturated rings. The molecule has 0 saturated carbocycles. The Kier molecular flexibility index (Phi) is 5.34. The number of aromatic nitrogens is 2. The van der Waals surface area contributed by atoms with E-state index in [1.54, 1.807) is 31.2 Å². The maximum atomic E-state index is 12.2. The Morgan fingerprint density at radius 3 is 2.35 bits per heavy atom. The summed E-state index contributed by atoms with van der Waals surface area (Å²) in [5, 5.41) is 2.81. The fourth-order valence-corrected chi connectivity index (χ4v) is 2.20. The van der Waals surface area contributed by atoms with Crippen LogP contribution in [0, 0.1) is 6.92 Å². The SMILES string of the molecule is Cc1cnc(C(=O)OCc2ccc(C(=O)Nc3ccccc3)cc2)cn1. The second-order valence-electron chi connectivity index (χ2n) is 5.64. The van der Waals surface area contributed by atoms with Gasteiger partial charge in [-0.1, -0.05) is 30.3 Å². The minimum Gasteiger partial charge on any atom is -0.456 e. The highest BCUT2D eigenvalue weighted by Gasteiger charge is 2.10. The number of nitrogens with one attached hydrogen (secondary N) is 1. The smallest absolute Gasteiger partial charge is 0.358 e. The summed E-state index contributed by atoms with van der Waals surface area (Å²) >= 11 is 0. The Morgan fingerprint density at radius 2 is 1.69 bits per heavy atom. The van der Waals surface area contributed by atoms with Gasteiger partial charge < -0.3 is 10.1 Å². The van der Waals surface area contributed by atoms with E-state index in [2.05, 4.69) is 15.3 Å². The van der Waals surface area contributed by atoms with E-state index in [1.165, 1.54) is 12.4 Å². The van der Waals surface area contributed by atoms with E-state index in [9.17, 15) is 9.59 Å². The molecular weight excluding hydrogens is 330 g/mol. The van der Waals surface area contributed by atoms with Crippen molar-refractivity contribution in [1.29, 1.82) is 0 Å². The lowest BCUT2D eigenvalue weighted by Crippen LogP contribution is -2.12. The Balaban J connectivity index is 1.56. The highest BCUT2D eigenvalue weighted by Crippen LogP contribution is 2.11. The number of aryl methyl sites for hydroxylation is 1. The Morgan fingerprint density at radius 1 is 0.962 bits per heavy atom. The van der Waals surface area contributed by atoms with Crippen LogP contribution in [0.4, 0.5) is 5.69 Å². The average Bonchev–Trinajstić information content (AvgIpc) is 2.68. The summed E-state index contributed by atoms with van der Waals surface area (Å²) in [5.41, 5.74) is 2.91. The van der Waals surface area contributed by atoms with Gasteiger partial charge in [-0.05, 0) is 36.8 Å². The Hall–Kier alpha value is -3.54. The molecule has 0 aliphatic heterocycles. The summed E-state index contributed by atoms with van der Waals surface area (Å²) in [6.07, 6.45) is 2.89. The molecule has 3 rings (SSSR count). The number of hydrogen-bond acceptors (Lipinski definition) is 5. The van der Waals surface area contributed by atoms with Gasteiger partial charge in [-0.2, -0.15) is 0 Å². The van der Waals surface area contributed by atoms with E-state index in [1.807, 2.05) is 30.3 Å². The molecule has 1 heterocycles. The number of anilines is 1. The number of carbonyl (C=O) groups excluding carboxylic acids is 2. The summed E-state index contributed by atoms with van der Waals surface area (Å²) in [6.45, 7) is 1.88. The summed E-state index contributed by atoms with van der Waals surface area (Å²) < 4.78 is 5.21. The van der Waals surface area contributed by atoms with E-state index < -0.39 is 5.97 Å². The summed E-state index contributed by atoms with van der Waals surface area (Å²) in [6, 6.07) is 16.1. The first kappa shape index (κ1) is 17.3. The number of esters is 1. The maximum Gasteiger partial charge on any atom is 0.358 e. The van der Waals surface area contributed by atoms with Crippen LogP contribution >= 0.6 is 0 Å². The molecular formula is C20H17N3O3. The molecule has 0 bridgehead atoms. The molecule has 0 atom stereocenters. The molecule has 0 aliphatic rings. The second kappa shape index (κ2) is 8.02. The summed E-state index contributed by atoms with van der Waals surface area (Å²) in [7, 11) is 0. The van der Waals surface area contributed by atoms with E-state index >= 15 is 0 Å². The first-order chi connectivity index (χ1) is 12.6. The molecule has 1 amide bonds. The molecule has 0 aliphatic carbocycles. The third-order valence-electron chi connectivity index (χ3n) is 3.61. The van der Waals surface area contributed by atoms with E-state index in [0.717, 1.165) is 16.9 Å². The molecule has 2 aromatic carbocycles. The van der Waals surface area contributed by atoms with Crippen LogP contribution < -0.4 is 5.32 Å². The Bertz CT molecular complexity index is 892. The van der Waals surface area contributed by atoms with Crippen molar-refractivity contribution in [2.24, 2.45) is 0 Å². The lowest BCUT2D eigenvalue weighted by atomic mass is 10.1. The lowest BCUT2D eigenvalue weighted by molar-refractivity contribution is 0.0465. The molecule has 0 unspecified atom stereocenters. The number of para-hydroxylation sites is 1. The first-order valence-electron chi connectivity index (χ1n) is 8.03. The number of rotatable bonds is 5. The topological polar surface area (TPSA) is 81.2 Å². The monoisotopic (exact) mass is 347 g/mol. The predicted molar refractivity (Wildman–Crippen MR) is 96.7 cm³/mol. The minimum absolute atomic E-state index is 0.0922. The van der Waals surface area contributed by atoms with Crippen molar-refractivity contribution in [2.45, 2.75) is 13.5 Å². The van der Waals surface area contributed by atoms with Crippen molar-refractivity contribution in [1.82, 2.24) is 9.97 Å². The number of hydrogen-bond donors (Lipinski definition) is 1. The van der Waals surface area contributed by atoms with Gasteiger partial charge in [0.05, 0.1) is 11.9 Å². The van der Waals surface area contributed by atoms with Crippen LogP contribution in [0.25, 0.3) is 0 Å². The molecule has 26 heavy (non-hydrogen) atoms. The van der Waals surface area contributed by atoms with Crippen molar-refractivity contribution >= 4 is 17.6 Å². The molecule has 3 aromatic rings. The minimum atomic E-state index is -0.539. The van der Waals surface area contributed by atoms with Gasteiger partial charge in [0.25, 0.3) is 5.91 Å². The van der Waals surface area contributed by atoms with E-state index in [4.69, 9.17) is 4.74 Å². The van der Waals surface area contributed by atoms with Crippen molar-refractivity contribution in [3.8, 4) is 0 Å². The van der Waals surface area contributed by atoms with Crippen LogP contribution in [0.1, 0.15) is 32.1 Å². The number of benzene rings is 2. The zero-order chi connectivity index (χ0) is 18.4. The largest absolute Gasteiger partial charge is 0.456 e. The summed E-state index contributed by atoms with van der Waals surface area (Å²) in [4.78, 5) is 32.1. The van der Waals surface area contributed by atoms with Gasteiger partial charge in [0.2, 0.25) is 0 Å². The zero-order valence-corrected chi connectivity index (χ0v) is 14.2. The normalized spacial score (nSPS) is 10.2. The van der Waals surface area contributed by atoms with Gasteiger partial charge in [0, 0.05) is 17.4 Å². The second-order valence-corrected chi connectivity index (χ2v) is 5.64. The first-order valence-corrected chi connectivity index (χ1v) is 8.03. The molecule has 6 nitrogen and oxygen atoms in total. The summed E-state index contributed by atoms with van der Waals surface area (Å²) in [5.74, 6) is -0.738. The molecule has 130 valence electrons. The van der Waals surface area contributed by atoms with Crippen LogP contribution in [-0.4, -0.2) is 21.8 Å². The molecule has 6 heteroatoms. The molecule has 0 saturated heterocycles. The molecule has 1 aromatic heterocycles. The highest BCUT2D eigenvalue weighted by atomic mass is 16.5. The quantitative estimate of drug-likeness (QED) is 0.716. The van der Waals surface area contributed by atoms with Crippen LogP contribution in [0.3, 0.4) is 0 Å². The third kappa shape index (κ3) is 4.51. The van der Waals surface area contributed by atoms with Gasteiger partial charge in [-0.15, -0.1) is 0 Å². The maximum absolute atomic E-state index is 12.2. The average molecular weight is 347 g/mol. The van der Waals surface area contributed by atoms with Crippen LogP contribution in [0.15, 0.2) is 67.0 Å². The van der Waals surface area contributed by atoms with Crippen LogP contribution in [-0.2, 0) is 11.3 Å². The van der Waals surface area contributed by atoms with Crippen molar-refractivity contribution in [3.05, 3.63) is 89.5 Å². The van der Waals surface area contributed by atoms with Gasteiger partial charge in [-0.3, -0.25) is 9.78 Å². The number of amides is 1. The fraction of sp³-hybridized carbons (Fsp3) is 0.100. The van der Waals surface area contributed by atoms with Gasteiger partial charge >= 0.3 is 5.97 Å². The third-order valence-corrected chi connectivity index (χ3v) is 3.61. The zero-order valence-electron chi connectivity index (χ0n) is 14.2.